The number of amides is 1. The van der Waals surface area contributed by atoms with Crippen molar-refractivity contribution in [3.8, 4) is 11.3 Å². The number of fused-ring (bicyclic) bond motifs is 1. The molecule has 1 N–H and O–H groups in total. The first-order valence-corrected chi connectivity index (χ1v) is 11.4. The summed E-state index contributed by atoms with van der Waals surface area (Å²) < 4.78 is 10.7. The minimum Gasteiger partial charge on any atom is -0.452 e. The van der Waals surface area contributed by atoms with Gasteiger partial charge in [-0.15, -0.1) is 0 Å². The number of pyridine rings is 2. The molecule has 8 nitrogen and oxygen atoms in total. The van der Waals surface area contributed by atoms with Gasteiger partial charge in [0.05, 0.1) is 30.0 Å². The molecule has 176 valence electrons. The number of benzene rings is 2. The SMILES string of the molecule is O=C(COC(=O)c1cc(-c2cccnc2)nc2ccccc12)Nc1ccc(N2CCOCC2)cc1. The third-order valence-corrected chi connectivity index (χ3v) is 5.76. The number of carbonyl (C=O) groups excluding carboxylic acids is 2. The second-order valence-corrected chi connectivity index (χ2v) is 8.08. The molecule has 0 spiro atoms. The van der Waals surface area contributed by atoms with E-state index in [0.29, 0.717) is 41.1 Å². The Hall–Kier alpha value is -4.30. The number of hydrogen-bond acceptors (Lipinski definition) is 7. The molecule has 0 saturated carbocycles. The number of aromatic nitrogens is 2. The Kier molecular flexibility index (Phi) is 6.63. The second-order valence-electron chi connectivity index (χ2n) is 8.08. The highest BCUT2D eigenvalue weighted by Crippen LogP contribution is 2.25. The van der Waals surface area contributed by atoms with Crippen LogP contribution < -0.4 is 10.2 Å². The molecular weight excluding hydrogens is 444 g/mol. The summed E-state index contributed by atoms with van der Waals surface area (Å²) in [7, 11) is 0. The van der Waals surface area contributed by atoms with E-state index in [1.807, 2.05) is 60.7 Å². The van der Waals surface area contributed by atoms with Crippen molar-refractivity contribution in [3.05, 3.63) is 84.7 Å². The summed E-state index contributed by atoms with van der Waals surface area (Å²) in [6.45, 7) is 2.70. The fourth-order valence-corrected chi connectivity index (χ4v) is 3.99. The highest BCUT2D eigenvalue weighted by atomic mass is 16.5. The lowest BCUT2D eigenvalue weighted by atomic mass is 10.1. The number of rotatable bonds is 6. The molecule has 0 radical (unpaired) electrons. The Morgan fingerprint density at radius 3 is 2.57 bits per heavy atom. The van der Waals surface area contributed by atoms with Gasteiger partial charge in [-0.05, 0) is 48.5 Å². The molecule has 3 heterocycles. The molecule has 1 aliphatic rings. The molecule has 1 aliphatic heterocycles. The van der Waals surface area contributed by atoms with Gasteiger partial charge in [-0.25, -0.2) is 9.78 Å². The molecule has 1 saturated heterocycles. The molecule has 0 bridgehead atoms. The molecule has 0 aliphatic carbocycles. The van der Waals surface area contributed by atoms with Gasteiger partial charge in [0.1, 0.15) is 0 Å². The van der Waals surface area contributed by atoms with E-state index in [2.05, 4.69) is 20.2 Å². The number of hydrogen-bond donors (Lipinski definition) is 1. The zero-order chi connectivity index (χ0) is 24.0. The van der Waals surface area contributed by atoms with Crippen molar-refractivity contribution in [1.82, 2.24) is 9.97 Å². The van der Waals surface area contributed by atoms with Crippen LogP contribution in [0, 0.1) is 0 Å². The predicted molar refractivity (Wildman–Crippen MR) is 133 cm³/mol. The number of esters is 1. The quantitative estimate of drug-likeness (QED) is 0.429. The zero-order valence-corrected chi connectivity index (χ0v) is 19.0. The van der Waals surface area contributed by atoms with E-state index >= 15 is 0 Å². The van der Waals surface area contributed by atoms with Crippen LogP contribution in [0.4, 0.5) is 11.4 Å². The van der Waals surface area contributed by atoms with Gasteiger partial charge in [-0.1, -0.05) is 18.2 Å². The molecule has 1 amide bonds. The maximum absolute atomic E-state index is 13.0. The molecule has 35 heavy (non-hydrogen) atoms. The van der Waals surface area contributed by atoms with Crippen LogP contribution >= 0.6 is 0 Å². The van der Waals surface area contributed by atoms with Gasteiger partial charge in [0, 0.05) is 47.8 Å². The zero-order valence-electron chi connectivity index (χ0n) is 19.0. The maximum Gasteiger partial charge on any atom is 0.339 e. The van der Waals surface area contributed by atoms with Crippen LogP contribution in [0.2, 0.25) is 0 Å². The molecule has 5 rings (SSSR count). The normalized spacial score (nSPS) is 13.4. The van der Waals surface area contributed by atoms with Gasteiger partial charge >= 0.3 is 5.97 Å². The first-order valence-electron chi connectivity index (χ1n) is 11.4. The van der Waals surface area contributed by atoms with Crippen LogP contribution in [0.1, 0.15) is 10.4 Å². The van der Waals surface area contributed by atoms with Crippen LogP contribution in [-0.2, 0) is 14.3 Å². The standard InChI is InChI=1S/C27H24N4O4/c32-26(29-20-7-9-21(10-8-20)31-12-14-34-15-13-31)18-35-27(33)23-16-25(19-4-3-11-28-17-19)30-24-6-2-1-5-22(23)24/h1-11,16-17H,12-15,18H2,(H,29,32). The number of nitrogens with one attached hydrogen (secondary N) is 1. The predicted octanol–water partition coefficient (Wildman–Crippen LogP) is 3.93. The smallest absolute Gasteiger partial charge is 0.339 e. The van der Waals surface area contributed by atoms with E-state index in [1.54, 1.807) is 18.5 Å². The van der Waals surface area contributed by atoms with E-state index in [0.717, 1.165) is 24.3 Å². The van der Waals surface area contributed by atoms with Gasteiger partial charge in [0.25, 0.3) is 5.91 Å². The minimum atomic E-state index is -0.591. The third-order valence-electron chi connectivity index (χ3n) is 5.76. The van der Waals surface area contributed by atoms with Crippen LogP contribution in [-0.4, -0.2) is 54.8 Å². The van der Waals surface area contributed by atoms with Gasteiger partial charge in [-0.2, -0.15) is 0 Å². The number of anilines is 2. The van der Waals surface area contributed by atoms with E-state index in [-0.39, 0.29) is 0 Å². The molecule has 0 unspecified atom stereocenters. The van der Waals surface area contributed by atoms with E-state index < -0.39 is 18.5 Å². The first kappa shape index (κ1) is 22.5. The summed E-state index contributed by atoms with van der Waals surface area (Å²) in [6, 6.07) is 20.3. The highest BCUT2D eigenvalue weighted by molar-refractivity contribution is 6.05. The first-order chi connectivity index (χ1) is 17.2. The molecule has 1 fully saturated rings. The Balaban J connectivity index is 1.26. The van der Waals surface area contributed by atoms with Crippen molar-refractivity contribution >= 4 is 34.2 Å². The summed E-state index contributed by atoms with van der Waals surface area (Å²) in [5.74, 6) is -1.00. The minimum absolute atomic E-state index is 0.345. The summed E-state index contributed by atoms with van der Waals surface area (Å²) in [4.78, 5) is 36.4. The highest BCUT2D eigenvalue weighted by Gasteiger charge is 2.17. The lowest BCUT2D eigenvalue weighted by Gasteiger charge is -2.28. The number of morpholine rings is 1. The van der Waals surface area contributed by atoms with Gasteiger partial charge in [0.15, 0.2) is 6.61 Å². The largest absolute Gasteiger partial charge is 0.452 e. The van der Waals surface area contributed by atoms with Crippen molar-refractivity contribution in [1.29, 1.82) is 0 Å². The Morgan fingerprint density at radius 2 is 1.80 bits per heavy atom. The van der Waals surface area contributed by atoms with Gasteiger partial charge in [0.2, 0.25) is 0 Å². The van der Waals surface area contributed by atoms with Crippen molar-refractivity contribution in [2.24, 2.45) is 0 Å². The number of nitrogens with zero attached hydrogens (tertiary/aromatic N) is 3. The third kappa shape index (κ3) is 5.28. The number of para-hydroxylation sites is 1. The van der Waals surface area contributed by atoms with E-state index in [4.69, 9.17) is 9.47 Å². The fraction of sp³-hybridized carbons (Fsp3) is 0.185. The lowest BCUT2D eigenvalue weighted by Crippen LogP contribution is -2.36. The Labute approximate surface area is 202 Å². The molecule has 2 aromatic heterocycles. The summed E-state index contributed by atoms with van der Waals surface area (Å²) >= 11 is 0. The molecule has 0 atom stereocenters. The average molecular weight is 469 g/mol. The van der Waals surface area contributed by atoms with Crippen LogP contribution in [0.3, 0.4) is 0 Å². The van der Waals surface area contributed by atoms with Gasteiger partial charge < -0.3 is 19.7 Å². The maximum atomic E-state index is 13.0. The van der Waals surface area contributed by atoms with Crippen LogP contribution in [0.15, 0.2) is 79.1 Å². The van der Waals surface area contributed by atoms with E-state index in [9.17, 15) is 9.59 Å². The number of ether oxygens (including phenoxy) is 2. The number of carbonyl (C=O) groups is 2. The average Bonchev–Trinajstić information content (AvgIpc) is 2.92. The van der Waals surface area contributed by atoms with Crippen molar-refractivity contribution in [3.63, 3.8) is 0 Å². The fourth-order valence-electron chi connectivity index (χ4n) is 3.99. The van der Waals surface area contributed by atoms with Gasteiger partial charge in [-0.3, -0.25) is 9.78 Å². The molecule has 8 heteroatoms. The van der Waals surface area contributed by atoms with Crippen molar-refractivity contribution in [2.75, 3.05) is 43.1 Å². The lowest BCUT2D eigenvalue weighted by molar-refractivity contribution is -0.119. The Bertz CT molecular complexity index is 1340. The van der Waals surface area contributed by atoms with Crippen molar-refractivity contribution in [2.45, 2.75) is 0 Å². The molecule has 4 aromatic rings. The molecule has 2 aromatic carbocycles. The summed E-state index contributed by atoms with van der Waals surface area (Å²) in [5, 5.41) is 3.43. The topological polar surface area (TPSA) is 93.7 Å². The monoisotopic (exact) mass is 468 g/mol. The van der Waals surface area contributed by atoms with E-state index in [1.165, 1.54) is 0 Å². The van der Waals surface area contributed by atoms with Crippen LogP contribution in [0.5, 0.6) is 0 Å². The Morgan fingerprint density at radius 1 is 1.00 bits per heavy atom. The van der Waals surface area contributed by atoms with Crippen LogP contribution in [0.25, 0.3) is 22.2 Å². The summed E-state index contributed by atoms with van der Waals surface area (Å²) in [6.07, 6.45) is 3.36. The summed E-state index contributed by atoms with van der Waals surface area (Å²) in [5.41, 5.74) is 4.10. The second kappa shape index (κ2) is 10.3. The van der Waals surface area contributed by atoms with Crippen molar-refractivity contribution < 1.29 is 19.1 Å². The molecular formula is C27H24N4O4.